The van der Waals surface area contributed by atoms with Crippen molar-refractivity contribution in [2.24, 2.45) is 23.2 Å². The van der Waals surface area contributed by atoms with Gasteiger partial charge in [-0.15, -0.1) is 0 Å². The van der Waals surface area contributed by atoms with Crippen molar-refractivity contribution in [3.8, 4) is 0 Å². The third kappa shape index (κ3) is 1.95. The maximum absolute atomic E-state index is 11.7. The van der Waals surface area contributed by atoms with Crippen molar-refractivity contribution in [1.82, 2.24) is 0 Å². The van der Waals surface area contributed by atoms with E-state index in [0.29, 0.717) is 0 Å². The van der Waals surface area contributed by atoms with Crippen LogP contribution in [0.2, 0.25) is 0 Å². The Balaban J connectivity index is 1.89. The summed E-state index contributed by atoms with van der Waals surface area (Å²) >= 11 is 0. The maximum atomic E-state index is 11.7. The molecule has 4 aliphatic rings. The summed E-state index contributed by atoms with van der Waals surface area (Å²) in [5.41, 5.74) is -0.0521. The molecule has 0 N–H and O–H groups in total. The van der Waals surface area contributed by atoms with Crippen LogP contribution in [0.1, 0.15) is 58.8 Å². The van der Waals surface area contributed by atoms with Crippen molar-refractivity contribution in [2.75, 3.05) is 0 Å². The number of carbonyl (C=O) groups is 1. The molecule has 0 aromatic carbocycles. The zero-order valence-electron chi connectivity index (χ0n) is 12.3. The SMILES string of the molecule is C=CC(=O)OC(C)(CC)C12CC3CC(CC(C3)C1)C2. The summed E-state index contributed by atoms with van der Waals surface area (Å²) < 4.78 is 5.86. The summed E-state index contributed by atoms with van der Waals surface area (Å²) in [4.78, 5) is 11.7. The van der Waals surface area contributed by atoms with Crippen molar-refractivity contribution in [1.29, 1.82) is 0 Å². The second kappa shape index (κ2) is 4.36. The Morgan fingerprint density at radius 1 is 1.26 bits per heavy atom. The van der Waals surface area contributed by atoms with Gasteiger partial charge in [0.2, 0.25) is 0 Å². The van der Waals surface area contributed by atoms with E-state index in [1.165, 1.54) is 44.6 Å². The summed E-state index contributed by atoms with van der Waals surface area (Å²) in [5, 5.41) is 0. The number of esters is 1. The molecule has 4 bridgehead atoms. The first kappa shape index (κ1) is 13.2. The predicted octanol–water partition coefficient (Wildman–Crippen LogP) is 4.10. The predicted molar refractivity (Wildman–Crippen MR) is 75.6 cm³/mol. The number of carbonyl (C=O) groups excluding carboxylic acids is 1. The zero-order chi connectivity index (χ0) is 13.7. The molecule has 1 atom stereocenters. The fraction of sp³-hybridized carbons (Fsp3) is 0.824. The van der Waals surface area contributed by atoms with E-state index in [4.69, 9.17) is 4.74 Å². The minimum atomic E-state index is -0.297. The van der Waals surface area contributed by atoms with Crippen LogP contribution in [-0.4, -0.2) is 11.6 Å². The molecule has 0 aromatic heterocycles. The normalized spacial score (nSPS) is 42.7. The lowest BCUT2D eigenvalue weighted by Crippen LogP contribution is -2.58. The van der Waals surface area contributed by atoms with E-state index in [-0.39, 0.29) is 17.0 Å². The minimum Gasteiger partial charge on any atom is -0.456 e. The Morgan fingerprint density at radius 2 is 1.74 bits per heavy atom. The fourth-order valence-electron chi connectivity index (χ4n) is 5.58. The Bertz CT molecular complexity index is 363. The lowest BCUT2D eigenvalue weighted by atomic mass is 9.45. The van der Waals surface area contributed by atoms with Gasteiger partial charge in [0.25, 0.3) is 0 Å². The first-order chi connectivity index (χ1) is 9.00. The summed E-state index contributed by atoms with van der Waals surface area (Å²) in [6, 6.07) is 0. The van der Waals surface area contributed by atoms with Crippen molar-refractivity contribution in [3.05, 3.63) is 12.7 Å². The van der Waals surface area contributed by atoms with E-state index >= 15 is 0 Å². The molecule has 0 radical (unpaired) electrons. The minimum absolute atomic E-state index is 0.245. The highest BCUT2D eigenvalue weighted by atomic mass is 16.6. The number of hydrogen-bond donors (Lipinski definition) is 0. The van der Waals surface area contributed by atoms with Crippen LogP contribution in [0.5, 0.6) is 0 Å². The Morgan fingerprint density at radius 3 is 2.11 bits per heavy atom. The van der Waals surface area contributed by atoms with E-state index in [1.807, 2.05) is 0 Å². The molecular formula is C17H26O2. The Kier molecular flexibility index (Phi) is 3.03. The topological polar surface area (TPSA) is 26.3 Å². The molecule has 2 nitrogen and oxygen atoms in total. The average Bonchev–Trinajstić information content (AvgIpc) is 2.36. The maximum Gasteiger partial charge on any atom is 0.330 e. The average molecular weight is 262 g/mol. The number of rotatable bonds is 4. The van der Waals surface area contributed by atoms with Crippen LogP contribution >= 0.6 is 0 Å². The van der Waals surface area contributed by atoms with Gasteiger partial charge in [0.15, 0.2) is 0 Å². The van der Waals surface area contributed by atoms with E-state index in [9.17, 15) is 4.79 Å². The van der Waals surface area contributed by atoms with Crippen molar-refractivity contribution in [3.63, 3.8) is 0 Å². The highest BCUT2D eigenvalue weighted by molar-refractivity contribution is 5.81. The number of hydrogen-bond acceptors (Lipinski definition) is 2. The third-order valence-electron chi connectivity index (χ3n) is 6.33. The van der Waals surface area contributed by atoms with Crippen LogP contribution in [0.15, 0.2) is 12.7 Å². The second-order valence-corrected chi connectivity index (χ2v) is 7.41. The van der Waals surface area contributed by atoms with Gasteiger partial charge in [-0.3, -0.25) is 0 Å². The second-order valence-electron chi connectivity index (χ2n) is 7.41. The van der Waals surface area contributed by atoms with Gasteiger partial charge in [0, 0.05) is 11.5 Å². The monoisotopic (exact) mass is 262 g/mol. The molecule has 0 aliphatic heterocycles. The van der Waals surface area contributed by atoms with Crippen LogP contribution in [0, 0.1) is 23.2 Å². The summed E-state index contributed by atoms with van der Waals surface area (Å²) in [5.74, 6) is 2.42. The molecular weight excluding hydrogens is 236 g/mol. The van der Waals surface area contributed by atoms with Crippen molar-refractivity contribution >= 4 is 5.97 Å². The smallest absolute Gasteiger partial charge is 0.330 e. The van der Waals surface area contributed by atoms with E-state index < -0.39 is 0 Å². The first-order valence-corrected chi connectivity index (χ1v) is 7.85. The van der Waals surface area contributed by atoms with Crippen molar-refractivity contribution < 1.29 is 9.53 Å². The molecule has 0 saturated heterocycles. The molecule has 1 unspecified atom stereocenters. The molecule has 4 aliphatic carbocycles. The van der Waals surface area contributed by atoms with Crippen molar-refractivity contribution in [2.45, 2.75) is 64.4 Å². The Labute approximate surface area is 116 Å². The number of ether oxygens (including phenoxy) is 1. The molecule has 2 heteroatoms. The van der Waals surface area contributed by atoms with Gasteiger partial charge < -0.3 is 4.74 Å². The van der Waals surface area contributed by atoms with Gasteiger partial charge in [-0.2, -0.15) is 0 Å². The quantitative estimate of drug-likeness (QED) is 0.563. The molecule has 0 spiro atoms. The molecule has 4 saturated carbocycles. The molecule has 4 fully saturated rings. The molecule has 4 rings (SSSR count). The first-order valence-electron chi connectivity index (χ1n) is 7.85. The van der Waals surface area contributed by atoms with Gasteiger partial charge in [0.1, 0.15) is 5.60 Å². The van der Waals surface area contributed by atoms with Crippen LogP contribution in [0.3, 0.4) is 0 Å². The van der Waals surface area contributed by atoms with Crippen LogP contribution in [0.4, 0.5) is 0 Å². The van der Waals surface area contributed by atoms with E-state index in [0.717, 1.165) is 24.2 Å². The fourth-order valence-corrected chi connectivity index (χ4v) is 5.58. The largest absolute Gasteiger partial charge is 0.456 e. The lowest BCUT2D eigenvalue weighted by Gasteiger charge is -2.62. The molecule has 106 valence electrons. The highest BCUT2D eigenvalue weighted by Crippen LogP contribution is 2.64. The standard InChI is InChI=1S/C17H26O2/c1-4-15(18)19-16(3,5-2)17-9-12-6-13(10-17)8-14(7-12)11-17/h4,12-14H,1,5-11H2,2-3H3. The van der Waals surface area contributed by atoms with E-state index in [1.54, 1.807) is 0 Å². The van der Waals surface area contributed by atoms with Crippen LogP contribution < -0.4 is 0 Å². The molecule has 19 heavy (non-hydrogen) atoms. The third-order valence-corrected chi connectivity index (χ3v) is 6.33. The molecule has 0 heterocycles. The molecule has 0 aromatic rings. The summed E-state index contributed by atoms with van der Waals surface area (Å²) in [7, 11) is 0. The van der Waals surface area contributed by atoms with Gasteiger partial charge in [-0.25, -0.2) is 4.79 Å². The van der Waals surface area contributed by atoms with Gasteiger partial charge in [-0.1, -0.05) is 13.5 Å². The zero-order valence-corrected chi connectivity index (χ0v) is 12.3. The summed E-state index contributed by atoms with van der Waals surface area (Å²) in [6.07, 6.45) is 10.3. The molecule has 0 amide bonds. The van der Waals surface area contributed by atoms with Crippen LogP contribution in [-0.2, 0) is 9.53 Å². The van der Waals surface area contributed by atoms with Gasteiger partial charge in [0.05, 0.1) is 0 Å². The van der Waals surface area contributed by atoms with Crippen LogP contribution in [0.25, 0.3) is 0 Å². The lowest BCUT2D eigenvalue weighted by molar-refractivity contribution is -0.200. The van der Waals surface area contributed by atoms with Gasteiger partial charge in [-0.05, 0) is 69.6 Å². The highest BCUT2D eigenvalue weighted by Gasteiger charge is 2.59. The van der Waals surface area contributed by atoms with E-state index in [2.05, 4.69) is 20.4 Å². The van der Waals surface area contributed by atoms with Gasteiger partial charge >= 0.3 is 5.97 Å². The summed E-state index contributed by atoms with van der Waals surface area (Å²) in [6.45, 7) is 7.88. The Hall–Kier alpha value is -0.790.